The Morgan fingerprint density at radius 1 is 0.941 bits per heavy atom. The van der Waals surface area contributed by atoms with Crippen molar-refractivity contribution in [3.8, 4) is 22.4 Å². The van der Waals surface area contributed by atoms with Crippen LogP contribution in [0.3, 0.4) is 0 Å². The van der Waals surface area contributed by atoms with Gasteiger partial charge in [-0.05, 0) is 48.7 Å². The Kier molecular flexibility index (Phi) is 5.82. The van der Waals surface area contributed by atoms with Gasteiger partial charge in [0.05, 0.1) is 11.4 Å². The average molecular weight is 484 g/mol. The second-order valence-electron chi connectivity index (χ2n) is 8.18. The van der Waals surface area contributed by atoms with Crippen LogP contribution in [0.4, 0.5) is 11.4 Å². The van der Waals surface area contributed by atoms with E-state index in [2.05, 4.69) is 36.5 Å². The summed E-state index contributed by atoms with van der Waals surface area (Å²) in [6, 6.07) is 25.8. The van der Waals surface area contributed by atoms with Crippen LogP contribution in [0.25, 0.3) is 32.6 Å². The number of amides is 1. The topological polar surface area (TPSA) is 68.0 Å². The van der Waals surface area contributed by atoms with Crippen molar-refractivity contribution in [2.24, 2.45) is 0 Å². The zero-order valence-corrected chi connectivity index (χ0v) is 20.3. The molecule has 168 valence electrons. The van der Waals surface area contributed by atoms with E-state index in [0.717, 1.165) is 38.2 Å². The van der Waals surface area contributed by atoms with Gasteiger partial charge in [-0.3, -0.25) is 4.79 Å². The van der Waals surface area contributed by atoms with Gasteiger partial charge < -0.3 is 11.1 Å². The molecule has 0 atom stereocenters. The van der Waals surface area contributed by atoms with Gasteiger partial charge in [-0.1, -0.05) is 77.8 Å². The molecule has 0 bridgehead atoms. The highest BCUT2D eigenvalue weighted by Gasteiger charge is 2.22. The molecule has 0 radical (unpaired) electrons. The van der Waals surface area contributed by atoms with E-state index in [-0.39, 0.29) is 5.91 Å². The van der Waals surface area contributed by atoms with E-state index in [4.69, 9.17) is 22.3 Å². The van der Waals surface area contributed by atoms with Gasteiger partial charge in [-0.2, -0.15) is 0 Å². The minimum absolute atomic E-state index is 0.276. The molecular weight excluding hydrogens is 462 g/mol. The second kappa shape index (κ2) is 8.93. The van der Waals surface area contributed by atoms with Crippen molar-refractivity contribution in [2.45, 2.75) is 13.8 Å². The summed E-state index contributed by atoms with van der Waals surface area (Å²) in [6.45, 7) is 3.93. The van der Waals surface area contributed by atoms with Crippen LogP contribution in [0.1, 0.15) is 20.8 Å². The van der Waals surface area contributed by atoms with Crippen LogP contribution in [0.5, 0.6) is 0 Å². The number of benzene rings is 3. The smallest absolute Gasteiger partial charge is 0.267 e. The maximum absolute atomic E-state index is 13.3. The number of hydrogen-bond donors (Lipinski definition) is 2. The summed E-state index contributed by atoms with van der Waals surface area (Å²) in [4.78, 5) is 19.3. The quantitative estimate of drug-likeness (QED) is 0.274. The van der Waals surface area contributed by atoms with Gasteiger partial charge in [-0.25, -0.2) is 4.98 Å². The highest BCUT2D eigenvalue weighted by Crippen LogP contribution is 2.41. The van der Waals surface area contributed by atoms with Crippen LogP contribution in [-0.4, -0.2) is 10.9 Å². The third-order valence-corrected chi connectivity index (χ3v) is 7.36. The van der Waals surface area contributed by atoms with Crippen molar-refractivity contribution in [2.75, 3.05) is 11.1 Å². The Labute approximate surface area is 207 Å². The number of fused-ring (bicyclic) bond motifs is 1. The molecule has 0 unspecified atom stereocenters. The zero-order chi connectivity index (χ0) is 23.8. The Morgan fingerprint density at radius 2 is 1.68 bits per heavy atom. The third kappa shape index (κ3) is 4.04. The number of pyridine rings is 1. The van der Waals surface area contributed by atoms with E-state index in [1.807, 2.05) is 55.5 Å². The highest BCUT2D eigenvalue weighted by molar-refractivity contribution is 7.21. The molecule has 0 spiro atoms. The number of halogens is 1. The fraction of sp³-hybridized carbons (Fsp3) is 0.0714. The standard InChI is InChI=1S/C28H22ClN3OS/c1-16-11-13-19(14-12-16)23-15-20(18-7-4-3-5-8-18)24-25(30)26(34-28(24)32-23)27(33)31-22-10-6-9-21(29)17(22)2/h3-15H,30H2,1-2H3,(H,31,33). The lowest BCUT2D eigenvalue weighted by Crippen LogP contribution is -2.12. The summed E-state index contributed by atoms with van der Waals surface area (Å²) in [5.41, 5.74) is 13.5. The molecule has 0 saturated carbocycles. The first-order valence-corrected chi connectivity index (χ1v) is 12.0. The number of aryl methyl sites for hydroxylation is 1. The summed E-state index contributed by atoms with van der Waals surface area (Å²) < 4.78 is 0. The lowest BCUT2D eigenvalue weighted by molar-refractivity contribution is 0.103. The molecular formula is C28H22ClN3OS. The first-order valence-electron chi connectivity index (χ1n) is 10.8. The monoisotopic (exact) mass is 483 g/mol. The van der Waals surface area contributed by atoms with E-state index < -0.39 is 0 Å². The molecule has 0 aliphatic heterocycles. The molecule has 0 fully saturated rings. The first kappa shape index (κ1) is 22.1. The average Bonchev–Trinajstić information content (AvgIpc) is 3.19. The molecule has 0 saturated heterocycles. The molecule has 2 aromatic heterocycles. The number of hydrogen-bond acceptors (Lipinski definition) is 4. The number of carbonyl (C=O) groups is 1. The van der Waals surface area contributed by atoms with E-state index in [9.17, 15) is 4.79 Å². The molecule has 0 aliphatic carbocycles. The number of nitrogens with one attached hydrogen (secondary N) is 1. The molecule has 0 aliphatic rings. The van der Waals surface area contributed by atoms with Crippen LogP contribution >= 0.6 is 22.9 Å². The van der Waals surface area contributed by atoms with Crippen LogP contribution in [0.2, 0.25) is 5.02 Å². The lowest BCUT2D eigenvalue weighted by atomic mass is 9.99. The highest BCUT2D eigenvalue weighted by atomic mass is 35.5. The Bertz CT molecular complexity index is 1530. The minimum atomic E-state index is -0.276. The number of aromatic nitrogens is 1. The number of nitrogens with zero attached hydrogens (tertiary/aromatic N) is 1. The Morgan fingerprint density at radius 3 is 2.41 bits per heavy atom. The van der Waals surface area contributed by atoms with Crippen molar-refractivity contribution < 1.29 is 4.79 Å². The van der Waals surface area contributed by atoms with Gasteiger partial charge in [0.15, 0.2) is 0 Å². The van der Waals surface area contributed by atoms with Gasteiger partial charge in [0.2, 0.25) is 0 Å². The lowest BCUT2D eigenvalue weighted by Gasteiger charge is -2.10. The molecule has 5 rings (SSSR count). The summed E-state index contributed by atoms with van der Waals surface area (Å²) in [7, 11) is 0. The van der Waals surface area contributed by atoms with Gasteiger partial charge in [0, 0.05) is 21.7 Å². The number of anilines is 2. The fourth-order valence-corrected chi connectivity index (χ4v) is 5.12. The fourth-order valence-electron chi connectivity index (χ4n) is 3.93. The summed E-state index contributed by atoms with van der Waals surface area (Å²) in [5.74, 6) is -0.276. The van der Waals surface area contributed by atoms with E-state index in [0.29, 0.717) is 21.3 Å². The number of thiophene rings is 1. The molecule has 3 aromatic carbocycles. The number of carbonyl (C=O) groups excluding carboxylic acids is 1. The predicted molar refractivity (Wildman–Crippen MR) is 144 cm³/mol. The van der Waals surface area contributed by atoms with Crippen LogP contribution in [0.15, 0.2) is 78.9 Å². The first-order chi connectivity index (χ1) is 16.4. The van der Waals surface area contributed by atoms with E-state index in [1.165, 1.54) is 16.9 Å². The van der Waals surface area contributed by atoms with Gasteiger partial charge in [-0.15, -0.1) is 11.3 Å². The van der Waals surface area contributed by atoms with Gasteiger partial charge >= 0.3 is 0 Å². The van der Waals surface area contributed by atoms with Crippen molar-refractivity contribution in [3.63, 3.8) is 0 Å². The Balaban J connectivity index is 1.67. The van der Waals surface area contributed by atoms with Gasteiger partial charge in [0.1, 0.15) is 9.71 Å². The maximum Gasteiger partial charge on any atom is 0.267 e. The Hall–Kier alpha value is -3.67. The number of nitrogen functional groups attached to an aromatic ring is 1. The number of rotatable bonds is 4. The molecule has 6 heteroatoms. The van der Waals surface area contributed by atoms with E-state index >= 15 is 0 Å². The van der Waals surface area contributed by atoms with Crippen LogP contribution in [0, 0.1) is 13.8 Å². The van der Waals surface area contributed by atoms with E-state index in [1.54, 1.807) is 6.07 Å². The third-order valence-electron chi connectivity index (χ3n) is 5.85. The van der Waals surface area contributed by atoms with Crippen molar-refractivity contribution in [1.82, 2.24) is 4.98 Å². The van der Waals surface area contributed by atoms with Crippen LogP contribution in [-0.2, 0) is 0 Å². The predicted octanol–water partition coefficient (Wildman–Crippen LogP) is 7.74. The molecule has 4 nitrogen and oxygen atoms in total. The van der Waals surface area contributed by atoms with Crippen molar-refractivity contribution >= 4 is 50.4 Å². The summed E-state index contributed by atoms with van der Waals surface area (Å²) in [6.07, 6.45) is 0. The summed E-state index contributed by atoms with van der Waals surface area (Å²) in [5, 5.41) is 4.35. The molecule has 3 N–H and O–H groups in total. The molecule has 1 amide bonds. The normalized spacial score (nSPS) is 11.0. The molecule has 34 heavy (non-hydrogen) atoms. The summed E-state index contributed by atoms with van der Waals surface area (Å²) >= 11 is 7.53. The van der Waals surface area contributed by atoms with Gasteiger partial charge in [0.25, 0.3) is 5.91 Å². The van der Waals surface area contributed by atoms with Crippen LogP contribution < -0.4 is 11.1 Å². The van der Waals surface area contributed by atoms with Crippen molar-refractivity contribution in [1.29, 1.82) is 0 Å². The zero-order valence-electron chi connectivity index (χ0n) is 18.7. The maximum atomic E-state index is 13.3. The molecule has 2 heterocycles. The minimum Gasteiger partial charge on any atom is -0.397 e. The molecule has 5 aromatic rings. The SMILES string of the molecule is Cc1ccc(-c2cc(-c3ccccc3)c3c(N)c(C(=O)Nc4cccc(Cl)c4C)sc3n2)cc1. The second-order valence-corrected chi connectivity index (χ2v) is 9.58. The van der Waals surface area contributed by atoms with Crippen molar-refractivity contribution in [3.05, 3.63) is 99.9 Å². The number of nitrogens with two attached hydrogens (primary N) is 1. The largest absolute Gasteiger partial charge is 0.397 e.